The van der Waals surface area contributed by atoms with E-state index in [0.717, 1.165) is 36.4 Å². The molecule has 0 radical (unpaired) electrons. The van der Waals surface area contributed by atoms with Gasteiger partial charge in [-0.15, -0.1) is 0 Å². The quantitative estimate of drug-likeness (QED) is 0.799. The fourth-order valence-corrected chi connectivity index (χ4v) is 3.16. The van der Waals surface area contributed by atoms with Gasteiger partial charge in [-0.05, 0) is 18.1 Å². The lowest BCUT2D eigenvalue weighted by Crippen LogP contribution is -2.49. The molecule has 7 nitrogen and oxygen atoms in total. The number of para-hydroxylation sites is 1. The highest BCUT2D eigenvalue weighted by molar-refractivity contribution is 5.81. The summed E-state index contributed by atoms with van der Waals surface area (Å²) < 4.78 is 12.8. The van der Waals surface area contributed by atoms with Crippen molar-refractivity contribution in [3.8, 4) is 5.75 Å². The van der Waals surface area contributed by atoms with Gasteiger partial charge in [-0.25, -0.2) is 0 Å². The molecule has 1 atom stereocenters. The zero-order valence-corrected chi connectivity index (χ0v) is 15.4. The number of carbonyl (C=O) groups excluding carboxylic acids is 1. The normalized spacial score (nSPS) is 17.8. The van der Waals surface area contributed by atoms with Gasteiger partial charge < -0.3 is 14.8 Å². The molecule has 3 rings (SSSR count). The molecule has 1 amide bonds. The van der Waals surface area contributed by atoms with Crippen LogP contribution in [0.1, 0.15) is 11.1 Å². The van der Waals surface area contributed by atoms with Crippen LogP contribution < -0.4 is 10.1 Å². The van der Waals surface area contributed by atoms with Crippen LogP contribution in [0.15, 0.2) is 36.7 Å². The van der Waals surface area contributed by atoms with Crippen LogP contribution in [0.3, 0.4) is 0 Å². The Labute approximate surface area is 153 Å². The molecule has 1 saturated heterocycles. The Morgan fingerprint density at radius 2 is 2.27 bits per heavy atom. The number of morpholine rings is 1. The van der Waals surface area contributed by atoms with Crippen molar-refractivity contribution in [3.63, 3.8) is 0 Å². The van der Waals surface area contributed by atoms with E-state index >= 15 is 0 Å². The first-order valence-corrected chi connectivity index (χ1v) is 8.87. The van der Waals surface area contributed by atoms with Gasteiger partial charge in [-0.2, -0.15) is 5.10 Å². The van der Waals surface area contributed by atoms with Gasteiger partial charge in [0.15, 0.2) is 0 Å². The molecule has 0 saturated carbocycles. The molecule has 0 bridgehead atoms. The first-order valence-electron chi connectivity index (χ1n) is 8.87. The SMILES string of the molecule is COc1ccccc1CCNC(=O)C1CN(Cc2cnn(C)c2)CCO1. The number of aromatic nitrogens is 2. The van der Waals surface area contributed by atoms with Gasteiger partial charge in [-0.3, -0.25) is 14.4 Å². The molecule has 2 heterocycles. The predicted molar refractivity (Wildman–Crippen MR) is 97.9 cm³/mol. The maximum Gasteiger partial charge on any atom is 0.250 e. The average molecular weight is 358 g/mol. The molecule has 2 aromatic rings. The molecular weight excluding hydrogens is 332 g/mol. The minimum absolute atomic E-state index is 0.0595. The van der Waals surface area contributed by atoms with Crippen LogP contribution in [0.5, 0.6) is 5.75 Å². The number of nitrogens with zero attached hydrogens (tertiary/aromatic N) is 3. The van der Waals surface area contributed by atoms with E-state index in [1.807, 2.05) is 43.7 Å². The summed E-state index contributed by atoms with van der Waals surface area (Å²) in [5.41, 5.74) is 2.22. The highest BCUT2D eigenvalue weighted by atomic mass is 16.5. The van der Waals surface area contributed by atoms with Crippen LogP contribution in [-0.2, 0) is 29.5 Å². The van der Waals surface area contributed by atoms with Crippen molar-refractivity contribution in [3.05, 3.63) is 47.8 Å². The Balaban J connectivity index is 1.46. The number of ether oxygens (including phenoxy) is 2. The summed E-state index contributed by atoms with van der Waals surface area (Å²) in [6.07, 6.45) is 4.15. The van der Waals surface area contributed by atoms with E-state index in [1.54, 1.807) is 11.8 Å². The number of rotatable bonds is 7. The van der Waals surface area contributed by atoms with Crippen LogP contribution in [0.25, 0.3) is 0 Å². The molecule has 1 aromatic carbocycles. The van der Waals surface area contributed by atoms with Crippen molar-refractivity contribution >= 4 is 5.91 Å². The lowest BCUT2D eigenvalue weighted by atomic mass is 10.1. The van der Waals surface area contributed by atoms with E-state index in [9.17, 15) is 4.79 Å². The number of hydrogen-bond donors (Lipinski definition) is 1. The van der Waals surface area contributed by atoms with Gasteiger partial charge in [0.1, 0.15) is 11.9 Å². The van der Waals surface area contributed by atoms with Crippen molar-refractivity contribution in [1.29, 1.82) is 0 Å². The van der Waals surface area contributed by atoms with Crippen LogP contribution in [-0.4, -0.2) is 60.0 Å². The number of amides is 1. The predicted octanol–water partition coefficient (Wildman–Crippen LogP) is 0.988. The first-order chi connectivity index (χ1) is 12.7. The van der Waals surface area contributed by atoms with Crippen molar-refractivity contribution in [2.24, 2.45) is 7.05 Å². The zero-order valence-electron chi connectivity index (χ0n) is 15.4. The lowest BCUT2D eigenvalue weighted by molar-refractivity contribution is -0.138. The fraction of sp³-hybridized carbons (Fsp3) is 0.474. The number of nitrogens with one attached hydrogen (secondary N) is 1. The molecule has 0 spiro atoms. The lowest BCUT2D eigenvalue weighted by Gasteiger charge is -2.31. The molecule has 0 aliphatic carbocycles. The standard InChI is InChI=1S/C19H26N4O3/c1-22-12-15(11-21-22)13-23-9-10-26-18(14-23)19(24)20-8-7-16-5-3-4-6-17(16)25-2/h3-6,11-12,18H,7-10,13-14H2,1-2H3,(H,20,24). The molecule has 1 aliphatic rings. The Bertz CT molecular complexity index is 731. The summed E-state index contributed by atoms with van der Waals surface area (Å²) in [5, 5.41) is 7.17. The molecule has 1 aromatic heterocycles. The van der Waals surface area contributed by atoms with E-state index in [4.69, 9.17) is 9.47 Å². The monoisotopic (exact) mass is 358 g/mol. The zero-order chi connectivity index (χ0) is 18.4. The summed E-state index contributed by atoms with van der Waals surface area (Å²) in [6, 6.07) is 7.85. The van der Waals surface area contributed by atoms with E-state index < -0.39 is 6.10 Å². The third-order valence-corrected chi connectivity index (χ3v) is 4.49. The topological polar surface area (TPSA) is 68.6 Å². The largest absolute Gasteiger partial charge is 0.496 e. The average Bonchev–Trinajstić information content (AvgIpc) is 3.07. The van der Waals surface area contributed by atoms with E-state index in [0.29, 0.717) is 19.7 Å². The van der Waals surface area contributed by atoms with Crippen LogP contribution in [0.2, 0.25) is 0 Å². The number of carbonyl (C=O) groups is 1. The van der Waals surface area contributed by atoms with Crippen molar-refractivity contribution < 1.29 is 14.3 Å². The van der Waals surface area contributed by atoms with Crippen molar-refractivity contribution in [2.75, 3.05) is 33.4 Å². The second-order valence-corrected chi connectivity index (χ2v) is 6.47. The Kier molecular flexibility index (Phi) is 6.25. The van der Waals surface area contributed by atoms with Gasteiger partial charge in [0.25, 0.3) is 0 Å². The van der Waals surface area contributed by atoms with Gasteiger partial charge >= 0.3 is 0 Å². The third kappa shape index (κ3) is 4.83. The Hall–Kier alpha value is -2.38. The second-order valence-electron chi connectivity index (χ2n) is 6.47. The summed E-state index contributed by atoms with van der Waals surface area (Å²) in [6.45, 7) is 3.31. The van der Waals surface area contributed by atoms with Crippen molar-refractivity contribution in [2.45, 2.75) is 19.1 Å². The molecule has 1 N–H and O–H groups in total. The minimum atomic E-state index is -0.432. The number of methoxy groups -OCH3 is 1. The maximum absolute atomic E-state index is 12.4. The number of hydrogen-bond acceptors (Lipinski definition) is 5. The molecular formula is C19H26N4O3. The van der Waals surface area contributed by atoms with Gasteiger partial charge in [0.05, 0.1) is 19.9 Å². The summed E-state index contributed by atoms with van der Waals surface area (Å²) in [5.74, 6) is 0.786. The number of benzene rings is 1. The van der Waals surface area contributed by atoms with Crippen LogP contribution >= 0.6 is 0 Å². The van der Waals surface area contributed by atoms with Gasteiger partial charge in [-0.1, -0.05) is 18.2 Å². The number of aryl methyl sites for hydroxylation is 1. The van der Waals surface area contributed by atoms with Gasteiger partial charge in [0.2, 0.25) is 5.91 Å². The second kappa shape index (κ2) is 8.82. The van der Waals surface area contributed by atoms with E-state index in [2.05, 4.69) is 15.3 Å². The maximum atomic E-state index is 12.4. The summed E-state index contributed by atoms with van der Waals surface area (Å²) in [7, 11) is 3.56. The summed E-state index contributed by atoms with van der Waals surface area (Å²) >= 11 is 0. The fourth-order valence-electron chi connectivity index (χ4n) is 3.16. The first kappa shape index (κ1) is 18.4. The molecule has 140 valence electrons. The summed E-state index contributed by atoms with van der Waals surface area (Å²) in [4.78, 5) is 14.7. The third-order valence-electron chi connectivity index (χ3n) is 4.49. The van der Waals surface area contributed by atoms with E-state index in [-0.39, 0.29) is 5.91 Å². The molecule has 7 heteroatoms. The highest BCUT2D eigenvalue weighted by Crippen LogP contribution is 2.17. The minimum Gasteiger partial charge on any atom is -0.496 e. The highest BCUT2D eigenvalue weighted by Gasteiger charge is 2.26. The van der Waals surface area contributed by atoms with Gasteiger partial charge in [0, 0.05) is 45.0 Å². The van der Waals surface area contributed by atoms with Crippen LogP contribution in [0, 0.1) is 0 Å². The Morgan fingerprint density at radius 3 is 3.04 bits per heavy atom. The Morgan fingerprint density at radius 1 is 1.42 bits per heavy atom. The molecule has 1 fully saturated rings. The molecule has 26 heavy (non-hydrogen) atoms. The smallest absolute Gasteiger partial charge is 0.250 e. The van der Waals surface area contributed by atoms with Crippen LogP contribution in [0.4, 0.5) is 0 Å². The molecule has 1 unspecified atom stereocenters. The molecule has 1 aliphatic heterocycles. The van der Waals surface area contributed by atoms with E-state index in [1.165, 1.54) is 0 Å². The van der Waals surface area contributed by atoms with Crippen molar-refractivity contribution in [1.82, 2.24) is 20.0 Å².